The molecule has 0 aromatic heterocycles. The lowest BCUT2D eigenvalue weighted by Gasteiger charge is -2.12. The van der Waals surface area contributed by atoms with Crippen molar-refractivity contribution < 1.29 is 9.53 Å². The summed E-state index contributed by atoms with van der Waals surface area (Å²) in [6.45, 7) is 1.24. The Labute approximate surface area is 109 Å². The molecule has 1 aliphatic heterocycles. The van der Waals surface area contributed by atoms with Crippen molar-refractivity contribution in [3.8, 4) is 0 Å². The topological polar surface area (TPSA) is 55.6 Å². The number of anilines is 1. The van der Waals surface area contributed by atoms with Crippen LogP contribution in [-0.4, -0.2) is 25.3 Å². The normalized spacial score (nSPS) is 19.5. The fourth-order valence-corrected chi connectivity index (χ4v) is 2.11. The lowest BCUT2D eigenvalue weighted by molar-refractivity contribution is 0.136. The smallest absolute Gasteiger partial charge is 0.414 e. The summed E-state index contributed by atoms with van der Waals surface area (Å²) in [5.74, 6) is 0. The van der Waals surface area contributed by atoms with Crippen molar-refractivity contribution >= 4 is 27.7 Å². The summed E-state index contributed by atoms with van der Waals surface area (Å²) >= 11 is 3.37. The average molecular weight is 299 g/mol. The molecular formula is C12H15BrN2O2. The first-order valence-electron chi connectivity index (χ1n) is 5.64. The number of rotatable bonds is 4. The summed E-state index contributed by atoms with van der Waals surface area (Å²) in [5, 5.41) is 0. The number of nitrogens with two attached hydrogens (primary N) is 1. The Bertz CT molecular complexity index is 394. The van der Waals surface area contributed by atoms with Crippen LogP contribution in [0.2, 0.25) is 0 Å². The van der Waals surface area contributed by atoms with Crippen molar-refractivity contribution in [2.24, 2.45) is 5.73 Å². The van der Waals surface area contributed by atoms with Gasteiger partial charge in [-0.1, -0.05) is 15.9 Å². The quantitative estimate of drug-likeness (QED) is 0.929. The standard InChI is InChI=1S/C12H15BrN2O2/c13-9-3-5-10(6-4-9)15-8-11(2-1-7-14)17-12(15)16/h3-6,11H,1-2,7-8,14H2. The maximum atomic E-state index is 11.7. The second-order valence-electron chi connectivity index (χ2n) is 4.02. The molecule has 1 fully saturated rings. The second kappa shape index (κ2) is 5.51. The molecular weight excluding hydrogens is 284 g/mol. The third-order valence-corrected chi connectivity index (χ3v) is 3.27. The van der Waals surface area contributed by atoms with Crippen LogP contribution < -0.4 is 10.6 Å². The van der Waals surface area contributed by atoms with Crippen LogP contribution in [0.1, 0.15) is 12.8 Å². The average Bonchev–Trinajstić information content (AvgIpc) is 2.69. The molecule has 92 valence electrons. The molecule has 1 aromatic carbocycles. The highest BCUT2D eigenvalue weighted by Crippen LogP contribution is 2.24. The van der Waals surface area contributed by atoms with Gasteiger partial charge in [-0.2, -0.15) is 0 Å². The molecule has 1 atom stereocenters. The van der Waals surface area contributed by atoms with E-state index < -0.39 is 0 Å². The minimum absolute atomic E-state index is 0.0327. The number of cyclic esters (lactones) is 1. The third-order valence-electron chi connectivity index (χ3n) is 2.74. The zero-order chi connectivity index (χ0) is 12.3. The van der Waals surface area contributed by atoms with Crippen molar-refractivity contribution in [1.82, 2.24) is 0 Å². The van der Waals surface area contributed by atoms with Gasteiger partial charge < -0.3 is 10.5 Å². The predicted molar refractivity (Wildman–Crippen MR) is 70.0 cm³/mol. The van der Waals surface area contributed by atoms with Crippen molar-refractivity contribution in [2.45, 2.75) is 18.9 Å². The van der Waals surface area contributed by atoms with Crippen LogP contribution in [0.4, 0.5) is 10.5 Å². The van der Waals surface area contributed by atoms with E-state index in [1.807, 2.05) is 24.3 Å². The van der Waals surface area contributed by atoms with Crippen LogP contribution in [0, 0.1) is 0 Å². The molecule has 1 heterocycles. The molecule has 1 saturated heterocycles. The SMILES string of the molecule is NCCCC1CN(c2ccc(Br)cc2)C(=O)O1. The first kappa shape index (κ1) is 12.4. The number of amides is 1. The summed E-state index contributed by atoms with van der Waals surface area (Å²) in [6.07, 6.45) is 1.41. The molecule has 1 unspecified atom stereocenters. The minimum atomic E-state index is -0.269. The molecule has 5 heteroatoms. The Balaban J connectivity index is 2.02. The van der Waals surface area contributed by atoms with E-state index in [0.717, 1.165) is 23.0 Å². The van der Waals surface area contributed by atoms with Crippen molar-refractivity contribution in [3.63, 3.8) is 0 Å². The number of ether oxygens (including phenoxy) is 1. The predicted octanol–water partition coefficient (Wildman–Crippen LogP) is 2.51. The van der Waals surface area contributed by atoms with E-state index in [9.17, 15) is 4.79 Å². The lowest BCUT2D eigenvalue weighted by atomic mass is 10.2. The van der Waals surface area contributed by atoms with Gasteiger partial charge in [0.2, 0.25) is 0 Å². The van der Waals surface area contributed by atoms with Crippen LogP contribution in [-0.2, 0) is 4.74 Å². The fourth-order valence-electron chi connectivity index (χ4n) is 1.85. The maximum Gasteiger partial charge on any atom is 0.414 e. The molecule has 2 rings (SSSR count). The summed E-state index contributed by atoms with van der Waals surface area (Å²) in [7, 11) is 0. The van der Waals surface area contributed by atoms with E-state index in [2.05, 4.69) is 15.9 Å². The Morgan fingerprint density at radius 2 is 2.12 bits per heavy atom. The molecule has 1 aliphatic rings. The largest absolute Gasteiger partial charge is 0.444 e. The van der Waals surface area contributed by atoms with Crippen LogP contribution in [0.5, 0.6) is 0 Å². The number of nitrogens with zero attached hydrogens (tertiary/aromatic N) is 1. The maximum absolute atomic E-state index is 11.7. The van der Waals surface area contributed by atoms with E-state index in [4.69, 9.17) is 10.5 Å². The third kappa shape index (κ3) is 2.98. The van der Waals surface area contributed by atoms with E-state index in [1.165, 1.54) is 0 Å². The van der Waals surface area contributed by atoms with Crippen LogP contribution >= 0.6 is 15.9 Å². The van der Waals surface area contributed by atoms with Gasteiger partial charge in [-0.25, -0.2) is 4.79 Å². The first-order chi connectivity index (χ1) is 8.20. The van der Waals surface area contributed by atoms with Crippen molar-refractivity contribution in [2.75, 3.05) is 18.0 Å². The number of hydrogen-bond acceptors (Lipinski definition) is 3. The number of carbonyl (C=O) groups is 1. The highest BCUT2D eigenvalue weighted by Gasteiger charge is 2.31. The highest BCUT2D eigenvalue weighted by molar-refractivity contribution is 9.10. The van der Waals surface area contributed by atoms with Crippen molar-refractivity contribution in [3.05, 3.63) is 28.7 Å². The molecule has 2 N–H and O–H groups in total. The van der Waals surface area contributed by atoms with Gasteiger partial charge in [-0.15, -0.1) is 0 Å². The molecule has 0 radical (unpaired) electrons. The van der Waals surface area contributed by atoms with E-state index in [0.29, 0.717) is 13.1 Å². The molecule has 1 aromatic rings. The molecule has 0 saturated carbocycles. The van der Waals surface area contributed by atoms with E-state index in [-0.39, 0.29) is 12.2 Å². The van der Waals surface area contributed by atoms with Gasteiger partial charge in [0.1, 0.15) is 6.10 Å². The summed E-state index contributed by atoms with van der Waals surface area (Å²) in [4.78, 5) is 13.4. The van der Waals surface area contributed by atoms with Crippen LogP contribution in [0.15, 0.2) is 28.7 Å². The van der Waals surface area contributed by atoms with Gasteiger partial charge in [0.05, 0.1) is 6.54 Å². The van der Waals surface area contributed by atoms with E-state index >= 15 is 0 Å². The molecule has 1 amide bonds. The Morgan fingerprint density at radius 3 is 2.76 bits per heavy atom. The Kier molecular flexibility index (Phi) is 4.02. The molecule has 4 nitrogen and oxygen atoms in total. The number of hydrogen-bond donors (Lipinski definition) is 1. The molecule has 0 aliphatic carbocycles. The van der Waals surface area contributed by atoms with Gasteiger partial charge in [0.15, 0.2) is 0 Å². The first-order valence-corrected chi connectivity index (χ1v) is 6.44. The Morgan fingerprint density at radius 1 is 1.41 bits per heavy atom. The van der Waals surface area contributed by atoms with Crippen molar-refractivity contribution in [1.29, 1.82) is 0 Å². The zero-order valence-electron chi connectivity index (χ0n) is 9.43. The lowest BCUT2D eigenvalue weighted by Crippen LogP contribution is -2.24. The van der Waals surface area contributed by atoms with Crippen LogP contribution in [0.25, 0.3) is 0 Å². The number of carbonyl (C=O) groups excluding carboxylic acids is 1. The number of benzene rings is 1. The van der Waals surface area contributed by atoms with Gasteiger partial charge in [0.25, 0.3) is 0 Å². The van der Waals surface area contributed by atoms with Gasteiger partial charge in [-0.3, -0.25) is 4.90 Å². The zero-order valence-corrected chi connectivity index (χ0v) is 11.0. The van der Waals surface area contributed by atoms with Gasteiger partial charge in [0, 0.05) is 10.2 Å². The Hall–Kier alpha value is -1.07. The monoisotopic (exact) mass is 298 g/mol. The molecule has 0 bridgehead atoms. The van der Waals surface area contributed by atoms with Crippen LogP contribution in [0.3, 0.4) is 0 Å². The molecule has 17 heavy (non-hydrogen) atoms. The minimum Gasteiger partial charge on any atom is -0.444 e. The summed E-state index contributed by atoms with van der Waals surface area (Å²) in [5.41, 5.74) is 6.31. The second-order valence-corrected chi connectivity index (χ2v) is 4.94. The summed E-state index contributed by atoms with van der Waals surface area (Å²) in [6, 6.07) is 7.62. The fraction of sp³-hybridized carbons (Fsp3) is 0.417. The van der Waals surface area contributed by atoms with Gasteiger partial charge in [-0.05, 0) is 43.7 Å². The van der Waals surface area contributed by atoms with E-state index in [1.54, 1.807) is 4.90 Å². The van der Waals surface area contributed by atoms with Gasteiger partial charge >= 0.3 is 6.09 Å². The number of halogens is 1. The summed E-state index contributed by atoms with van der Waals surface area (Å²) < 4.78 is 6.27. The molecule has 0 spiro atoms. The highest BCUT2D eigenvalue weighted by atomic mass is 79.9.